The molecule has 5 nitrogen and oxygen atoms in total. The Hall–Kier alpha value is -2.56. The van der Waals surface area contributed by atoms with Crippen molar-refractivity contribution < 1.29 is 19.1 Å². The molecule has 2 atom stereocenters. The molecular weight excluding hydrogens is 354 g/mol. The van der Waals surface area contributed by atoms with Gasteiger partial charge in [-0.25, -0.2) is 0 Å². The molecule has 28 heavy (non-hydrogen) atoms. The van der Waals surface area contributed by atoms with E-state index >= 15 is 0 Å². The molecule has 0 radical (unpaired) electrons. The fourth-order valence-electron chi connectivity index (χ4n) is 4.69. The van der Waals surface area contributed by atoms with E-state index < -0.39 is 5.92 Å². The normalized spacial score (nSPS) is 25.3. The number of ether oxygens (including phenoxy) is 2. The van der Waals surface area contributed by atoms with E-state index in [2.05, 4.69) is 11.9 Å². The molecule has 1 aliphatic heterocycles. The van der Waals surface area contributed by atoms with E-state index in [9.17, 15) is 9.59 Å². The maximum atomic E-state index is 13.2. The van der Waals surface area contributed by atoms with Crippen LogP contribution in [0.5, 0.6) is 5.75 Å². The number of carbonyl (C=O) groups excluding carboxylic acids is 2. The van der Waals surface area contributed by atoms with Crippen LogP contribution < -0.4 is 10.1 Å². The Kier molecular flexibility index (Phi) is 5.25. The number of nitrogens with one attached hydrogen (secondary N) is 1. The number of esters is 1. The van der Waals surface area contributed by atoms with Crippen molar-refractivity contribution in [3.8, 4) is 5.75 Å². The van der Waals surface area contributed by atoms with Crippen molar-refractivity contribution in [1.29, 1.82) is 0 Å². The molecule has 1 saturated carbocycles. The molecule has 2 aliphatic carbocycles. The SMILES string of the molecule is C=C1NC2=C(C(=O)CCC2)C(c2ccc(OC)cc2)C1C(=O)OC1CCCC1. The quantitative estimate of drug-likeness (QED) is 0.799. The number of Topliss-reactive ketones (excluding diaryl/α,β-unsaturated/α-hetero) is 1. The van der Waals surface area contributed by atoms with Gasteiger partial charge in [-0.3, -0.25) is 9.59 Å². The molecule has 4 rings (SSSR count). The summed E-state index contributed by atoms with van der Waals surface area (Å²) in [4.78, 5) is 26.0. The van der Waals surface area contributed by atoms with Crippen LogP contribution in [0.4, 0.5) is 0 Å². The van der Waals surface area contributed by atoms with Gasteiger partial charge in [0.25, 0.3) is 0 Å². The Morgan fingerprint density at radius 1 is 1.11 bits per heavy atom. The molecule has 0 saturated heterocycles. The monoisotopic (exact) mass is 381 g/mol. The summed E-state index contributed by atoms with van der Waals surface area (Å²) >= 11 is 0. The summed E-state index contributed by atoms with van der Waals surface area (Å²) in [5.41, 5.74) is 3.17. The first-order chi connectivity index (χ1) is 13.6. The molecule has 2 unspecified atom stereocenters. The summed E-state index contributed by atoms with van der Waals surface area (Å²) in [5.74, 6) is -0.396. The summed E-state index contributed by atoms with van der Waals surface area (Å²) < 4.78 is 11.1. The predicted octanol–water partition coefficient (Wildman–Crippen LogP) is 4.00. The third-order valence-corrected chi connectivity index (χ3v) is 6.10. The van der Waals surface area contributed by atoms with Gasteiger partial charge in [-0.2, -0.15) is 0 Å². The first-order valence-corrected chi connectivity index (χ1v) is 10.1. The van der Waals surface area contributed by atoms with Gasteiger partial charge in [-0.1, -0.05) is 18.7 Å². The zero-order valence-electron chi connectivity index (χ0n) is 16.3. The molecule has 0 aromatic heterocycles. The average Bonchev–Trinajstić information content (AvgIpc) is 3.20. The van der Waals surface area contributed by atoms with Gasteiger partial charge in [0.2, 0.25) is 0 Å². The van der Waals surface area contributed by atoms with Crippen LogP contribution >= 0.6 is 0 Å². The highest BCUT2D eigenvalue weighted by Crippen LogP contribution is 2.45. The van der Waals surface area contributed by atoms with Crippen molar-refractivity contribution in [2.75, 3.05) is 7.11 Å². The van der Waals surface area contributed by atoms with Crippen LogP contribution in [0.15, 0.2) is 47.8 Å². The Bertz CT molecular complexity index is 818. The number of methoxy groups -OCH3 is 1. The van der Waals surface area contributed by atoms with Crippen molar-refractivity contribution in [1.82, 2.24) is 5.32 Å². The lowest BCUT2D eigenvalue weighted by atomic mass is 9.71. The predicted molar refractivity (Wildman–Crippen MR) is 106 cm³/mol. The summed E-state index contributed by atoms with van der Waals surface area (Å²) in [5, 5.41) is 3.27. The van der Waals surface area contributed by atoms with Gasteiger partial charge in [0, 0.05) is 29.3 Å². The Labute approximate surface area is 165 Å². The van der Waals surface area contributed by atoms with Crippen LogP contribution in [-0.2, 0) is 14.3 Å². The number of benzene rings is 1. The van der Waals surface area contributed by atoms with Crippen LogP contribution in [0.2, 0.25) is 0 Å². The minimum absolute atomic E-state index is 0.0192. The molecule has 1 aromatic rings. The zero-order chi connectivity index (χ0) is 19.7. The van der Waals surface area contributed by atoms with Gasteiger partial charge in [0.1, 0.15) is 17.8 Å². The van der Waals surface area contributed by atoms with Crippen molar-refractivity contribution in [2.45, 2.75) is 57.0 Å². The van der Waals surface area contributed by atoms with E-state index in [1.165, 1.54) is 0 Å². The molecule has 0 spiro atoms. The number of ketones is 1. The molecular formula is C23H27NO4. The van der Waals surface area contributed by atoms with Gasteiger partial charge in [-0.05, 0) is 56.2 Å². The molecule has 1 N–H and O–H groups in total. The number of allylic oxidation sites excluding steroid dienone is 2. The van der Waals surface area contributed by atoms with Crippen LogP contribution in [0.25, 0.3) is 0 Å². The fourth-order valence-corrected chi connectivity index (χ4v) is 4.69. The molecule has 1 aromatic carbocycles. The second-order valence-electron chi connectivity index (χ2n) is 7.89. The minimum Gasteiger partial charge on any atom is -0.497 e. The first-order valence-electron chi connectivity index (χ1n) is 10.1. The van der Waals surface area contributed by atoms with Crippen LogP contribution in [0.1, 0.15) is 56.4 Å². The van der Waals surface area contributed by atoms with E-state index in [4.69, 9.17) is 9.47 Å². The molecule has 3 aliphatic rings. The van der Waals surface area contributed by atoms with Gasteiger partial charge >= 0.3 is 5.97 Å². The maximum Gasteiger partial charge on any atom is 0.316 e. The third kappa shape index (κ3) is 3.46. The van der Waals surface area contributed by atoms with Crippen molar-refractivity contribution >= 4 is 11.8 Å². The molecule has 0 bridgehead atoms. The number of hydrogen-bond donors (Lipinski definition) is 1. The maximum absolute atomic E-state index is 13.2. The van der Waals surface area contributed by atoms with E-state index in [1.54, 1.807) is 7.11 Å². The van der Waals surface area contributed by atoms with E-state index in [0.717, 1.165) is 61.1 Å². The summed E-state index contributed by atoms with van der Waals surface area (Å²) in [6.45, 7) is 4.13. The molecule has 0 amide bonds. The standard InChI is InChI=1S/C23H27NO4/c1-14-20(23(26)28-17-6-3-4-7-17)21(15-10-12-16(27-2)13-11-15)22-18(24-14)8-5-9-19(22)25/h10-13,17,20-21,24H,1,3-9H2,2H3. The highest BCUT2D eigenvalue weighted by atomic mass is 16.5. The largest absolute Gasteiger partial charge is 0.497 e. The zero-order valence-corrected chi connectivity index (χ0v) is 16.3. The van der Waals surface area contributed by atoms with Crippen LogP contribution in [0, 0.1) is 5.92 Å². The van der Waals surface area contributed by atoms with Gasteiger partial charge < -0.3 is 14.8 Å². The lowest BCUT2D eigenvalue weighted by Crippen LogP contribution is -2.41. The lowest BCUT2D eigenvalue weighted by molar-refractivity contribution is -0.153. The molecule has 5 heteroatoms. The number of carbonyl (C=O) groups is 2. The Morgan fingerprint density at radius 2 is 1.82 bits per heavy atom. The highest BCUT2D eigenvalue weighted by molar-refractivity contribution is 6.00. The van der Waals surface area contributed by atoms with Gasteiger partial charge in [0.05, 0.1) is 7.11 Å². The smallest absolute Gasteiger partial charge is 0.316 e. The molecule has 1 heterocycles. The van der Waals surface area contributed by atoms with E-state index in [0.29, 0.717) is 12.1 Å². The Balaban J connectivity index is 1.73. The third-order valence-electron chi connectivity index (χ3n) is 6.10. The van der Waals surface area contributed by atoms with Gasteiger partial charge in [0.15, 0.2) is 5.78 Å². The van der Waals surface area contributed by atoms with Crippen molar-refractivity contribution in [2.24, 2.45) is 5.92 Å². The minimum atomic E-state index is -0.602. The van der Waals surface area contributed by atoms with Crippen molar-refractivity contribution in [3.05, 3.63) is 53.4 Å². The lowest BCUT2D eigenvalue weighted by Gasteiger charge is -2.38. The average molecular weight is 381 g/mol. The van der Waals surface area contributed by atoms with E-state index in [-0.39, 0.29) is 23.8 Å². The summed E-state index contributed by atoms with van der Waals surface area (Å²) in [6.07, 6.45) is 6.15. The van der Waals surface area contributed by atoms with Crippen LogP contribution in [0.3, 0.4) is 0 Å². The van der Waals surface area contributed by atoms with E-state index in [1.807, 2.05) is 24.3 Å². The summed E-state index contributed by atoms with van der Waals surface area (Å²) in [6, 6.07) is 7.61. The summed E-state index contributed by atoms with van der Waals surface area (Å²) in [7, 11) is 1.62. The Morgan fingerprint density at radius 3 is 2.50 bits per heavy atom. The van der Waals surface area contributed by atoms with Gasteiger partial charge in [-0.15, -0.1) is 0 Å². The number of rotatable bonds is 4. The van der Waals surface area contributed by atoms with Crippen molar-refractivity contribution in [3.63, 3.8) is 0 Å². The fraction of sp³-hybridized carbons (Fsp3) is 0.478. The first kappa shape index (κ1) is 18.8. The van der Waals surface area contributed by atoms with Crippen LogP contribution in [-0.4, -0.2) is 25.0 Å². The molecule has 1 fully saturated rings. The molecule has 148 valence electrons. The second kappa shape index (κ2) is 7.82. The number of hydrogen-bond acceptors (Lipinski definition) is 5. The highest BCUT2D eigenvalue weighted by Gasteiger charge is 2.44. The topological polar surface area (TPSA) is 64.6 Å². The second-order valence-corrected chi connectivity index (χ2v) is 7.89.